The second-order valence-electron chi connectivity index (χ2n) is 10.7. The monoisotopic (exact) mass is 527 g/mol. The van der Waals surface area contributed by atoms with E-state index in [1.807, 2.05) is 19.9 Å². The molecule has 2 atom stereocenters. The summed E-state index contributed by atoms with van der Waals surface area (Å²) in [5, 5.41) is 3.61. The number of benzene rings is 2. The summed E-state index contributed by atoms with van der Waals surface area (Å²) in [5.74, 6) is 1.79. The highest BCUT2D eigenvalue weighted by Crippen LogP contribution is 2.40. The van der Waals surface area contributed by atoms with E-state index in [1.165, 1.54) is 41.6 Å². The number of carbonyl (C=O) groups is 1. The number of nitrogens with zero attached hydrogens (tertiary/aromatic N) is 2. The van der Waals surface area contributed by atoms with Gasteiger partial charge < -0.3 is 19.7 Å². The predicted molar refractivity (Wildman–Crippen MR) is 151 cm³/mol. The summed E-state index contributed by atoms with van der Waals surface area (Å²) < 4.78 is 11.6. The molecule has 202 valence electrons. The molecule has 2 heterocycles. The SMILES string of the molecule is COc1cc(N2CCN3[C@@H](CCC[C@@H]3c3ccc(OCCCNC(=O)C(C)C)c(C)c3C)C2)ccc1Cl. The number of halogens is 1. The number of nitrogens with one attached hydrogen (secondary N) is 1. The molecular weight excluding hydrogens is 486 g/mol. The molecule has 37 heavy (non-hydrogen) atoms. The first-order valence-corrected chi connectivity index (χ1v) is 14.0. The second-order valence-corrected chi connectivity index (χ2v) is 11.1. The molecule has 0 saturated carbocycles. The quantitative estimate of drug-likeness (QED) is 0.410. The van der Waals surface area contributed by atoms with Crippen molar-refractivity contribution in [3.05, 3.63) is 52.0 Å². The zero-order valence-corrected chi connectivity index (χ0v) is 23.7. The van der Waals surface area contributed by atoms with E-state index in [0.29, 0.717) is 30.3 Å². The molecule has 6 nitrogen and oxygen atoms in total. The minimum atomic E-state index is 0.0154. The average Bonchev–Trinajstić information content (AvgIpc) is 2.90. The van der Waals surface area contributed by atoms with Crippen molar-refractivity contribution >= 4 is 23.2 Å². The third kappa shape index (κ3) is 6.35. The Kier molecular flexibility index (Phi) is 9.25. The van der Waals surface area contributed by atoms with Gasteiger partial charge in [-0.15, -0.1) is 0 Å². The van der Waals surface area contributed by atoms with Crippen LogP contribution in [-0.2, 0) is 4.79 Å². The van der Waals surface area contributed by atoms with Gasteiger partial charge in [0.15, 0.2) is 0 Å². The molecular formula is C30H42ClN3O3. The van der Waals surface area contributed by atoms with Crippen LogP contribution in [0.5, 0.6) is 11.5 Å². The van der Waals surface area contributed by atoms with E-state index in [0.717, 1.165) is 37.6 Å². The molecule has 2 aliphatic rings. The largest absolute Gasteiger partial charge is 0.495 e. The topological polar surface area (TPSA) is 54.0 Å². The number of rotatable bonds is 9. The van der Waals surface area contributed by atoms with Crippen molar-refractivity contribution in [2.45, 2.75) is 65.5 Å². The zero-order chi connectivity index (χ0) is 26.5. The maximum Gasteiger partial charge on any atom is 0.222 e. The number of hydrogen-bond acceptors (Lipinski definition) is 5. The average molecular weight is 528 g/mol. The molecule has 2 fully saturated rings. The van der Waals surface area contributed by atoms with Crippen LogP contribution >= 0.6 is 11.6 Å². The van der Waals surface area contributed by atoms with Crippen molar-refractivity contribution in [3.8, 4) is 11.5 Å². The number of piperazine rings is 1. The summed E-state index contributed by atoms with van der Waals surface area (Å²) in [6.45, 7) is 12.5. The Morgan fingerprint density at radius 2 is 1.92 bits per heavy atom. The van der Waals surface area contributed by atoms with Gasteiger partial charge in [-0.3, -0.25) is 9.69 Å². The van der Waals surface area contributed by atoms with Gasteiger partial charge in [0.05, 0.1) is 18.7 Å². The van der Waals surface area contributed by atoms with Crippen molar-refractivity contribution in [3.63, 3.8) is 0 Å². The van der Waals surface area contributed by atoms with Gasteiger partial charge in [-0.05, 0) is 74.4 Å². The van der Waals surface area contributed by atoms with E-state index < -0.39 is 0 Å². The summed E-state index contributed by atoms with van der Waals surface area (Å²) in [4.78, 5) is 16.9. The third-order valence-corrected chi connectivity index (χ3v) is 8.30. The van der Waals surface area contributed by atoms with E-state index in [4.69, 9.17) is 21.1 Å². The fraction of sp³-hybridized carbons (Fsp3) is 0.567. The Morgan fingerprint density at radius 3 is 2.68 bits per heavy atom. The predicted octanol–water partition coefficient (Wildman–Crippen LogP) is 5.92. The molecule has 1 amide bonds. The van der Waals surface area contributed by atoms with E-state index in [9.17, 15) is 4.79 Å². The summed E-state index contributed by atoms with van der Waals surface area (Å²) in [5.41, 5.74) is 5.17. The number of methoxy groups -OCH3 is 1. The minimum Gasteiger partial charge on any atom is -0.495 e. The highest BCUT2D eigenvalue weighted by molar-refractivity contribution is 6.32. The number of fused-ring (bicyclic) bond motifs is 1. The van der Waals surface area contributed by atoms with E-state index in [1.54, 1.807) is 7.11 Å². The molecule has 2 aromatic rings. The molecule has 4 rings (SSSR count). The smallest absolute Gasteiger partial charge is 0.222 e. The maximum absolute atomic E-state index is 11.7. The molecule has 2 aliphatic heterocycles. The zero-order valence-electron chi connectivity index (χ0n) is 23.0. The summed E-state index contributed by atoms with van der Waals surface area (Å²) in [6, 6.07) is 11.5. The highest BCUT2D eigenvalue weighted by Gasteiger charge is 2.36. The Hall–Kier alpha value is -2.44. The molecule has 7 heteroatoms. The first-order valence-electron chi connectivity index (χ1n) is 13.6. The lowest BCUT2D eigenvalue weighted by atomic mass is 9.86. The molecule has 0 aromatic heterocycles. The molecule has 0 bridgehead atoms. The van der Waals surface area contributed by atoms with Gasteiger partial charge in [0.25, 0.3) is 0 Å². The molecule has 0 aliphatic carbocycles. The van der Waals surface area contributed by atoms with Gasteiger partial charge >= 0.3 is 0 Å². The van der Waals surface area contributed by atoms with Crippen LogP contribution in [-0.4, -0.2) is 56.7 Å². The number of anilines is 1. The van der Waals surface area contributed by atoms with Crippen molar-refractivity contribution in [1.82, 2.24) is 10.2 Å². The molecule has 0 unspecified atom stereocenters. The maximum atomic E-state index is 11.7. The van der Waals surface area contributed by atoms with Gasteiger partial charge in [-0.2, -0.15) is 0 Å². The first kappa shape index (κ1) is 27.6. The number of piperidine rings is 1. The molecule has 0 spiro atoms. The standard InChI is InChI=1S/C30H42ClN3O3/c1-20(2)30(35)32-14-7-17-37-28-13-11-25(21(3)22(28)4)27-9-6-8-24-19-33(15-16-34(24)27)23-10-12-26(31)29(18-23)36-5/h10-13,18,20,24,27H,6-9,14-17,19H2,1-5H3,(H,32,35)/t24-,27+/m0/s1. The number of amides is 1. The van der Waals surface area contributed by atoms with Crippen LogP contribution < -0.4 is 19.7 Å². The fourth-order valence-corrected chi connectivity index (χ4v) is 5.86. The van der Waals surface area contributed by atoms with Crippen LogP contribution in [0.1, 0.15) is 62.3 Å². The number of ether oxygens (including phenoxy) is 2. The highest BCUT2D eigenvalue weighted by atomic mass is 35.5. The third-order valence-electron chi connectivity index (χ3n) is 7.98. The van der Waals surface area contributed by atoms with Crippen molar-refractivity contribution in [1.29, 1.82) is 0 Å². The number of carbonyl (C=O) groups excluding carboxylic acids is 1. The second kappa shape index (κ2) is 12.4. The Morgan fingerprint density at radius 1 is 1.11 bits per heavy atom. The Labute approximate surface area is 227 Å². The van der Waals surface area contributed by atoms with Gasteiger partial charge in [0.1, 0.15) is 11.5 Å². The molecule has 1 N–H and O–H groups in total. The van der Waals surface area contributed by atoms with Crippen LogP contribution in [0.4, 0.5) is 5.69 Å². The summed E-state index contributed by atoms with van der Waals surface area (Å²) in [6.07, 6.45) is 4.46. The van der Waals surface area contributed by atoms with Crippen LogP contribution in [0.2, 0.25) is 5.02 Å². The van der Waals surface area contributed by atoms with Crippen LogP contribution in [0.25, 0.3) is 0 Å². The Balaban J connectivity index is 1.39. The normalized spacial score (nSPS) is 20.0. The van der Waals surface area contributed by atoms with Gasteiger partial charge in [-0.25, -0.2) is 0 Å². The lowest BCUT2D eigenvalue weighted by Crippen LogP contribution is -2.56. The lowest BCUT2D eigenvalue weighted by molar-refractivity contribution is -0.123. The van der Waals surface area contributed by atoms with Gasteiger partial charge in [0, 0.05) is 55.9 Å². The molecule has 0 radical (unpaired) electrons. The van der Waals surface area contributed by atoms with Crippen molar-refractivity contribution in [2.24, 2.45) is 5.92 Å². The van der Waals surface area contributed by atoms with E-state index in [-0.39, 0.29) is 11.8 Å². The first-order chi connectivity index (χ1) is 17.8. The fourth-order valence-electron chi connectivity index (χ4n) is 5.67. The summed E-state index contributed by atoms with van der Waals surface area (Å²) >= 11 is 6.26. The molecule has 2 aromatic carbocycles. The molecule has 2 saturated heterocycles. The van der Waals surface area contributed by atoms with Crippen molar-refractivity contribution in [2.75, 3.05) is 44.8 Å². The van der Waals surface area contributed by atoms with Gasteiger partial charge in [0.2, 0.25) is 5.91 Å². The van der Waals surface area contributed by atoms with E-state index in [2.05, 4.69) is 53.2 Å². The summed E-state index contributed by atoms with van der Waals surface area (Å²) in [7, 11) is 1.67. The lowest BCUT2D eigenvalue weighted by Gasteiger charge is -2.49. The van der Waals surface area contributed by atoms with Crippen molar-refractivity contribution < 1.29 is 14.3 Å². The number of hydrogen-bond donors (Lipinski definition) is 1. The van der Waals surface area contributed by atoms with Crippen LogP contribution in [0.3, 0.4) is 0 Å². The Bertz CT molecular complexity index is 1090. The van der Waals surface area contributed by atoms with Crippen LogP contribution in [0, 0.1) is 19.8 Å². The van der Waals surface area contributed by atoms with E-state index >= 15 is 0 Å². The van der Waals surface area contributed by atoms with Gasteiger partial charge in [-0.1, -0.05) is 31.5 Å². The van der Waals surface area contributed by atoms with Crippen LogP contribution in [0.15, 0.2) is 30.3 Å². The minimum absolute atomic E-state index is 0.0154.